The number of benzene rings is 1. The topological polar surface area (TPSA) is 46.6 Å². The zero-order valence-corrected chi connectivity index (χ0v) is 17.1. The molecule has 2 aromatic rings. The molecule has 0 radical (unpaired) electrons. The SMILES string of the molecule is CCOc1cc(CN2CCC(Nc3ccncc3F)CC2)cc(OCC)c1Cl. The number of nitrogens with one attached hydrogen (secondary N) is 1. The van der Waals surface area contributed by atoms with E-state index in [0.29, 0.717) is 35.4 Å². The van der Waals surface area contributed by atoms with Crippen LogP contribution in [0.3, 0.4) is 0 Å². The summed E-state index contributed by atoms with van der Waals surface area (Å²) in [5, 5.41) is 3.82. The van der Waals surface area contributed by atoms with Gasteiger partial charge in [-0.3, -0.25) is 9.88 Å². The second-order valence-corrected chi connectivity index (χ2v) is 7.20. The highest BCUT2D eigenvalue weighted by atomic mass is 35.5. The van der Waals surface area contributed by atoms with E-state index in [1.54, 1.807) is 12.3 Å². The van der Waals surface area contributed by atoms with Crippen LogP contribution in [0.1, 0.15) is 32.3 Å². The fourth-order valence-corrected chi connectivity index (χ4v) is 3.66. The summed E-state index contributed by atoms with van der Waals surface area (Å²) < 4.78 is 25.1. The highest BCUT2D eigenvalue weighted by molar-refractivity contribution is 6.33. The highest BCUT2D eigenvalue weighted by Gasteiger charge is 2.21. The molecule has 0 atom stereocenters. The molecule has 0 bridgehead atoms. The summed E-state index contributed by atoms with van der Waals surface area (Å²) >= 11 is 6.38. The maximum Gasteiger partial charge on any atom is 0.164 e. The van der Waals surface area contributed by atoms with Gasteiger partial charge in [-0.2, -0.15) is 0 Å². The number of piperidine rings is 1. The average molecular weight is 408 g/mol. The van der Waals surface area contributed by atoms with Crippen LogP contribution in [0.4, 0.5) is 10.1 Å². The lowest BCUT2D eigenvalue weighted by Crippen LogP contribution is -2.38. The molecule has 7 heteroatoms. The van der Waals surface area contributed by atoms with Crippen molar-refractivity contribution in [2.24, 2.45) is 0 Å². The van der Waals surface area contributed by atoms with Crippen LogP contribution in [-0.4, -0.2) is 42.2 Å². The Morgan fingerprint density at radius 2 is 1.82 bits per heavy atom. The zero-order valence-electron chi connectivity index (χ0n) is 16.4. The van der Waals surface area contributed by atoms with Gasteiger partial charge in [0.25, 0.3) is 0 Å². The molecule has 152 valence electrons. The third kappa shape index (κ3) is 5.26. The summed E-state index contributed by atoms with van der Waals surface area (Å²) in [5.74, 6) is 1.02. The first kappa shape index (κ1) is 20.7. The first-order valence-electron chi connectivity index (χ1n) is 9.77. The molecule has 28 heavy (non-hydrogen) atoms. The third-order valence-corrected chi connectivity index (χ3v) is 5.16. The lowest BCUT2D eigenvalue weighted by atomic mass is 10.0. The van der Waals surface area contributed by atoms with Crippen LogP contribution in [0, 0.1) is 5.82 Å². The lowest BCUT2D eigenvalue weighted by molar-refractivity contribution is 0.210. The van der Waals surface area contributed by atoms with Gasteiger partial charge in [-0.15, -0.1) is 0 Å². The molecule has 0 amide bonds. The predicted molar refractivity (Wildman–Crippen MR) is 110 cm³/mol. The van der Waals surface area contributed by atoms with Crippen LogP contribution in [-0.2, 0) is 6.54 Å². The smallest absolute Gasteiger partial charge is 0.164 e. The van der Waals surface area contributed by atoms with Gasteiger partial charge in [0, 0.05) is 31.9 Å². The number of hydrogen-bond acceptors (Lipinski definition) is 5. The molecule has 1 aromatic heterocycles. The van der Waals surface area contributed by atoms with Crippen LogP contribution < -0.4 is 14.8 Å². The number of ether oxygens (including phenoxy) is 2. The van der Waals surface area contributed by atoms with E-state index < -0.39 is 0 Å². The van der Waals surface area contributed by atoms with Crippen molar-refractivity contribution < 1.29 is 13.9 Å². The van der Waals surface area contributed by atoms with Crippen molar-refractivity contribution in [1.29, 1.82) is 0 Å². The van der Waals surface area contributed by atoms with Crippen LogP contribution in [0.5, 0.6) is 11.5 Å². The zero-order chi connectivity index (χ0) is 19.9. The Bertz CT molecular complexity index is 755. The van der Waals surface area contributed by atoms with Gasteiger partial charge in [0.05, 0.1) is 25.1 Å². The Morgan fingerprint density at radius 1 is 1.18 bits per heavy atom. The lowest BCUT2D eigenvalue weighted by Gasteiger charge is -2.33. The van der Waals surface area contributed by atoms with Gasteiger partial charge in [0.2, 0.25) is 0 Å². The molecule has 1 N–H and O–H groups in total. The van der Waals surface area contributed by atoms with Gasteiger partial charge in [0.1, 0.15) is 16.5 Å². The molecular formula is C21H27ClFN3O2. The molecule has 0 unspecified atom stereocenters. The second-order valence-electron chi connectivity index (χ2n) is 6.82. The van der Waals surface area contributed by atoms with E-state index in [9.17, 15) is 4.39 Å². The van der Waals surface area contributed by atoms with Crippen molar-refractivity contribution >= 4 is 17.3 Å². The maximum atomic E-state index is 13.8. The summed E-state index contributed by atoms with van der Waals surface area (Å²) in [4.78, 5) is 6.18. The number of halogens is 2. The Labute approximate surface area is 170 Å². The average Bonchev–Trinajstić information content (AvgIpc) is 2.69. The minimum Gasteiger partial charge on any atom is -0.492 e. The number of pyridine rings is 1. The second kappa shape index (κ2) is 9.94. The summed E-state index contributed by atoms with van der Waals surface area (Å²) in [7, 11) is 0. The normalized spacial score (nSPS) is 15.4. The van der Waals surface area contributed by atoms with Gasteiger partial charge >= 0.3 is 0 Å². The van der Waals surface area contributed by atoms with Gasteiger partial charge in [-0.25, -0.2) is 4.39 Å². The molecule has 1 saturated heterocycles. The van der Waals surface area contributed by atoms with Crippen LogP contribution in [0.2, 0.25) is 5.02 Å². The largest absolute Gasteiger partial charge is 0.492 e. The van der Waals surface area contributed by atoms with Crippen molar-refractivity contribution in [2.75, 3.05) is 31.6 Å². The van der Waals surface area contributed by atoms with E-state index in [1.807, 2.05) is 26.0 Å². The number of anilines is 1. The molecule has 1 aromatic carbocycles. The van der Waals surface area contributed by atoms with Crippen molar-refractivity contribution in [3.8, 4) is 11.5 Å². The molecule has 1 fully saturated rings. The molecule has 3 rings (SSSR count). The molecule has 0 aliphatic carbocycles. The summed E-state index contributed by atoms with van der Waals surface area (Å²) in [6, 6.07) is 5.92. The Kier molecular flexibility index (Phi) is 7.34. The van der Waals surface area contributed by atoms with Crippen molar-refractivity contribution in [2.45, 2.75) is 39.3 Å². The summed E-state index contributed by atoms with van der Waals surface area (Å²) in [6.45, 7) is 7.64. The van der Waals surface area contributed by atoms with Crippen LogP contribution in [0.25, 0.3) is 0 Å². The van der Waals surface area contributed by atoms with Gasteiger partial charge < -0.3 is 14.8 Å². The van der Waals surface area contributed by atoms with E-state index in [0.717, 1.165) is 38.0 Å². The van der Waals surface area contributed by atoms with E-state index in [2.05, 4.69) is 15.2 Å². The minimum atomic E-state index is -0.307. The number of aromatic nitrogens is 1. The maximum absolute atomic E-state index is 13.8. The fraction of sp³-hybridized carbons (Fsp3) is 0.476. The third-order valence-electron chi connectivity index (χ3n) is 4.79. The molecule has 1 aliphatic rings. The Morgan fingerprint density at radius 3 is 2.39 bits per heavy atom. The van der Waals surface area contributed by atoms with Crippen molar-refractivity contribution in [1.82, 2.24) is 9.88 Å². The number of nitrogens with zero attached hydrogens (tertiary/aromatic N) is 2. The monoisotopic (exact) mass is 407 g/mol. The minimum absolute atomic E-state index is 0.260. The van der Waals surface area contributed by atoms with E-state index in [4.69, 9.17) is 21.1 Å². The van der Waals surface area contributed by atoms with Gasteiger partial charge in [0.15, 0.2) is 5.82 Å². The van der Waals surface area contributed by atoms with E-state index in [-0.39, 0.29) is 11.9 Å². The van der Waals surface area contributed by atoms with Gasteiger partial charge in [-0.05, 0) is 50.5 Å². The number of likely N-dealkylation sites (tertiary alicyclic amines) is 1. The summed E-state index contributed by atoms with van der Waals surface area (Å²) in [5.41, 5.74) is 1.64. The van der Waals surface area contributed by atoms with E-state index in [1.165, 1.54) is 6.20 Å². The van der Waals surface area contributed by atoms with Crippen molar-refractivity contribution in [3.63, 3.8) is 0 Å². The first-order valence-corrected chi connectivity index (χ1v) is 10.1. The number of hydrogen-bond donors (Lipinski definition) is 1. The first-order chi connectivity index (χ1) is 13.6. The molecule has 5 nitrogen and oxygen atoms in total. The Balaban J connectivity index is 1.60. The molecule has 1 aliphatic heterocycles. The molecule has 0 saturated carbocycles. The molecular weight excluding hydrogens is 381 g/mol. The standard InChI is InChI=1S/C21H27ClFN3O2/c1-3-27-19-11-15(12-20(21(19)22)28-4-2)14-26-9-6-16(7-10-26)25-18-5-8-24-13-17(18)23/h5,8,11-13,16H,3-4,6-7,9-10,14H2,1-2H3,(H,24,25). The molecule has 2 heterocycles. The number of rotatable bonds is 8. The van der Waals surface area contributed by atoms with Crippen LogP contribution >= 0.6 is 11.6 Å². The van der Waals surface area contributed by atoms with Crippen molar-refractivity contribution in [3.05, 3.63) is 47.0 Å². The Hall–Kier alpha value is -2.05. The quantitative estimate of drug-likeness (QED) is 0.684. The van der Waals surface area contributed by atoms with Crippen LogP contribution in [0.15, 0.2) is 30.6 Å². The highest BCUT2D eigenvalue weighted by Crippen LogP contribution is 2.36. The van der Waals surface area contributed by atoms with E-state index >= 15 is 0 Å². The fourth-order valence-electron chi connectivity index (χ4n) is 3.44. The summed E-state index contributed by atoms with van der Waals surface area (Å²) in [6.07, 6.45) is 4.74. The van der Waals surface area contributed by atoms with Gasteiger partial charge in [-0.1, -0.05) is 11.6 Å². The molecule has 0 spiro atoms. The predicted octanol–water partition coefficient (Wildman–Crippen LogP) is 4.75.